The Kier molecular flexibility index (Phi) is 4.47. The van der Waals surface area contributed by atoms with Gasteiger partial charge in [0.1, 0.15) is 0 Å². The largest absolute Gasteiger partial charge is 0.385 e. The maximum atomic E-state index is 12.2. The van der Waals surface area contributed by atoms with Gasteiger partial charge in [-0.1, -0.05) is 13.3 Å². The molecule has 5 heteroatoms. The molecule has 1 saturated carbocycles. The fraction of sp³-hybridized carbons (Fsp3) is 0.571. The van der Waals surface area contributed by atoms with Gasteiger partial charge in [0.2, 0.25) is 10.0 Å². The van der Waals surface area contributed by atoms with E-state index in [1.165, 1.54) is 0 Å². The molecule has 1 aromatic carbocycles. The van der Waals surface area contributed by atoms with E-state index in [0.717, 1.165) is 31.5 Å². The van der Waals surface area contributed by atoms with Crippen LogP contribution in [0.5, 0.6) is 0 Å². The number of hydrogen-bond donors (Lipinski definition) is 2. The van der Waals surface area contributed by atoms with Gasteiger partial charge in [-0.3, -0.25) is 0 Å². The van der Waals surface area contributed by atoms with Gasteiger partial charge in [0, 0.05) is 18.3 Å². The third-order valence-corrected chi connectivity index (χ3v) is 4.94. The van der Waals surface area contributed by atoms with Crippen LogP contribution in [0.25, 0.3) is 0 Å². The lowest BCUT2D eigenvalue weighted by molar-refractivity contribution is 0.573. The molecule has 0 aromatic heterocycles. The van der Waals surface area contributed by atoms with Crippen LogP contribution in [0, 0.1) is 5.92 Å². The van der Waals surface area contributed by atoms with Crippen LogP contribution in [0.4, 0.5) is 5.69 Å². The molecule has 0 bridgehead atoms. The van der Waals surface area contributed by atoms with Crippen molar-refractivity contribution in [1.82, 2.24) is 4.72 Å². The third kappa shape index (κ3) is 3.70. The summed E-state index contributed by atoms with van der Waals surface area (Å²) >= 11 is 0. The second kappa shape index (κ2) is 5.92. The zero-order valence-corrected chi connectivity index (χ0v) is 12.3. The molecule has 0 amide bonds. The molecule has 0 saturated heterocycles. The van der Waals surface area contributed by atoms with Crippen LogP contribution in [0.3, 0.4) is 0 Å². The summed E-state index contributed by atoms with van der Waals surface area (Å²) in [4.78, 5) is 0.344. The first-order valence-electron chi connectivity index (χ1n) is 6.93. The Morgan fingerprint density at radius 1 is 1.21 bits per heavy atom. The predicted octanol–water partition coefficient (Wildman–Crippen LogP) is 2.59. The van der Waals surface area contributed by atoms with Crippen molar-refractivity contribution in [1.29, 1.82) is 0 Å². The van der Waals surface area contributed by atoms with Crippen molar-refractivity contribution < 1.29 is 8.42 Å². The molecule has 2 N–H and O–H groups in total. The summed E-state index contributed by atoms with van der Waals surface area (Å²) in [6, 6.07) is 7.04. The standard InChI is InChI=1S/C14H22N2O2S/c1-3-5-11-10-14(11)16-19(17,18)13-8-6-12(7-9-13)15-4-2/h6-9,11,14-16H,3-5,10H2,1-2H3. The lowest BCUT2D eigenvalue weighted by atomic mass is 10.2. The Labute approximate surface area is 115 Å². The smallest absolute Gasteiger partial charge is 0.240 e. The number of anilines is 1. The lowest BCUT2D eigenvalue weighted by Gasteiger charge is -2.08. The molecule has 19 heavy (non-hydrogen) atoms. The summed E-state index contributed by atoms with van der Waals surface area (Å²) in [5.74, 6) is 0.529. The lowest BCUT2D eigenvalue weighted by Crippen LogP contribution is -2.27. The average molecular weight is 282 g/mol. The highest BCUT2D eigenvalue weighted by Gasteiger charge is 2.39. The van der Waals surface area contributed by atoms with Crippen molar-refractivity contribution in [2.45, 2.75) is 44.0 Å². The van der Waals surface area contributed by atoms with Crippen LogP contribution in [0.15, 0.2) is 29.2 Å². The van der Waals surface area contributed by atoms with Crippen LogP contribution < -0.4 is 10.0 Å². The van der Waals surface area contributed by atoms with Crippen molar-refractivity contribution >= 4 is 15.7 Å². The second-order valence-corrected chi connectivity index (χ2v) is 6.78. The fourth-order valence-electron chi connectivity index (χ4n) is 2.31. The van der Waals surface area contributed by atoms with E-state index < -0.39 is 10.0 Å². The van der Waals surface area contributed by atoms with Crippen LogP contribution in [0.1, 0.15) is 33.1 Å². The van der Waals surface area contributed by atoms with E-state index in [9.17, 15) is 8.42 Å². The summed E-state index contributed by atoms with van der Waals surface area (Å²) < 4.78 is 27.1. The molecule has 0 aliphatic heterocycles. The van der Waals surface area contributed by atoms with E-state index in [1.807, 2.05) is 6.92 Å². The topological polar surface area (TPSA) is 58.2 Å². The molecule has 0 radical (unpaired) electrons. The molecule has 1 aromatic rings. The summed E-state index contributed by atoms with van der Waals surface area (Å²) in [5.41, 5.74) is 0.941. The van der Waals surface area contributed by atoms with Gasteiger partial charge >= 0.3 is 0 Å². The summed E-state index contributed by atoms with van der Waals surface area (Å²) in [6.07, 6.45) is 3.19. The summed E-state index contributed by atoms with van der Waals surface area (Å²) in [5, 5.41) is 3.15. The highest BCUT2D eigenvalue weighted by Crippen LogP contribution is 2.35. The number of benzene rings is 1. The minimum Gasteiger partial charge on any atom is -0.385 e. The Hall–Kier alpha value is -1.07. The monoisotopic (exact) mass is 282 g/mol. The quantitative estimate of drug-likeness (QED) is 0.808. The van der Waals surface area contributed by atoms with Crippen molar-refractivity contribution in [3.05, 3.63) is 24.3 Å². The van der Waals surface area contributed by atoms with E-state index in [2.05, 4.69) is 17.0 Å². The molecule has 0 heterocycles. The highest BCUT2D eigenvalue weighted by atomic mass is 32.2. The Morgan fingerprint density at radius 2 is 1.89 bits per heavy atom. The van der Waals surface area contributed by atoms with Crippen molar-refractivity contribution in [3.8, 4) is 0 Å². The number of sulfonamides is 1. The van der Waals surface area contributed by atoms with Crippen LogP contribution >= 0.6 is 0 Å². The number of hydrogen-bond acceptors (Lipinski definition) is 3. The third-order valence-electron chi connectivity index (χ3n) is 3.43. The van der Waals surface area contributed by atoms with Crippen molar-refractivity contribution in [2.75, 3.05) is 11.9 Å². The molecule has 106 valence electrons. The molecule has 1 aliphatic rings. The van der Waals surface area contributed by atoms with E-state index in [-0.39, 0.29) is 6.04 Å². The SMILES string of the molecule is CCCC1CC1NS(=O)(=O)c1ccc(NCC)cc1. The first-order chi connectivity index (χ1) is 9.06. The predicted molar refractivity (Wildman–Crippen MR) is 77.7 cm³/mol. The van der Waals surface area contributed by atoms with Gasteiger partial charge in [-0.2, -0.15) is 0 Å². The molecule has 2 atom stereocenters. The van der Waals surface area contributed by atoms with Crippen LogP contribution in [-0.2, 0) is 10.0 Å². The molecule has 1 fully saturated rings. The fourth-order valence-corrected chi connectivity index (χ4v) is 3.62. The van der Waals surface area contributed by atoms with Gasteiger partial charge in [-0.15, -0.1) is 0 Å². The Bertz CT molecular complexity index is 511. The number of nitrogens with one attached hydrogen (secondary N) is 2. The maximum absolute atomic E-state index is 12.2. The minimum absolute atomic E-state index is 0.137. The summed E-state index contributed by atoms with van der Waals surface area (Å²) in [7, 11) is -3.36. The van der Waals surface area contributed by atoms with Crippen molar-refractivity contribution in [2.24, 2.45) is 5.92 Å². The maximum Gasteiger partial charge on any atom is 0.240 e. The van der Waals surface area contributed by atoms with Gasteiger partial charge in [-0.05, 0) is 49.9 Å². The Balaban J connectivity index is 1.99. The van der Waals surface area contributed by atoms with Crippen LogP contribution in [0.2, 0.25) is 0 Å². The zero-order valence-electron chi connectivity index (χ0n) is 11.5. The van der Waals surface area contributed by atoms with Crippen LogP contribution in [-0.4, -0.2) is 21.0 Å². The molecular weight excluding hydrogens is 260 g/mol. The highest BCUT2D eigenvalue weighted by molar-refractivity contribution is 7.89. The zero-order chi connectivity index (χ0) is 13.9. The first kappa shape index (κ1) is 14.3. The molecular formula is C14H22N2O2S. The molecule has 0 spiro atoms. The van der Waals surface area contributed by atoms with Gasteiger partial charge in [0.25, 0.3) is 0 Å². The number of rotatable bonds is 7. The van der Waals surface area contributed by atoms with Gasteiger partial charge in [0.05, 0.1) is 4.90 Å². The molecule has 2 rings (SSSR count). The van der Waals surface area contributed by atoms with E-state index in [1.54, 1.807) is 24.3 Å². The van der Waals surface area contributed by atoms with E-state index in [0.29, 0.717) is 10.8 Å². The first-order valence-corrected chi connectivity index (χ1v) is 8.41. The molecule has 4 nitrogen and oxygen atoms in total. The van der Waals surface area contributed by atoms with Gasteiger partial charge in [-0.25, -0.2) is 13.1 Å². The molecule has 1 aliphatic carbocycles. The van der Waals surface area contributed by atoms with Crippen molar-refractivity contribution in [3.63, 3.8) is 0 Å². The minimum atomic E-state index is -3.36. The van der Waals surface area contributed by atoms with Gasteiger partial charge in [0.15, 0.2) is 0 Å². The van der Waals surface area contributed by atoms with Gasteiger partial charge < -0.3 is 5.32 Å². The average Bonchev–Trinajstić information content (AvgIpc) is 3.08. The van der Waals surface area contributed by atoms with E-state index >= 15 is 0 Å². The normalized spacial score (nSPS) is 22.2. The Morgan fingerprint density at radius 3 is 2.47 bits per heavy atom. The van der Waals surface area contributed by atoms with E-state index in [4.69, 9.17) is 0 Å². The second-order valence-electron chi connectivity index (χ2n) is 5.07. The molecule has 2 unspecified atom stereocenters. The summed E-state index contributed by atoms with van der Waals surface area (Å²) in [6.45, 7) is 4.96.